The minimum Gasteiger partial charge on any atom is -0.478 e. The maximum Gasteiger partial charge on any atom is 0.328 e. The molecule has 96 valence electrons. The number of hydrogen-bond donors (Lipinski definition) is 2. The SMILES string of the molecule is CC(C)(C)NC(=O)c1cncc(C=CC(=O)O)c1. The van der Waals surface area contributed by atoms with Crippen LogP contribution in [0, 0.1) is 0 Å². The van der Waals surface area contributed by atoms with Gasteiger partial charge in [0.15, 0.2) is 0 Å². The van der Waals surface area contributed by atoms with Crippen LogP contribution >= 0.6 is 0 Å². The lowest BCUT2D eigenvalue weighted by Crippen LogP contribution is -2.40. The first kappa shape index (κ1) is 13.9. The standard InChI is InChI=1S/C13H16N2O3/c1-13(2,3)15-12(18)10-6-9(7-14-8-10)4-5-11(16)17/h4-8H,1-3H3,(H,15,18)(H,16,17). The normalized spacial score (nSPS) is 11.5. The number of carboxylic acid groups (broad SMARTS) is 1. The molecule has 1 rings (SSSR count). The van der Waals surface area contributed by atoms with E-state index in [0.717, 1.165) is 6.08 Å². The molecule has 0 fully saturated rings. The lowest BCUT2D eigenvalue weighted by atomic mass is 10.1. The van der Waals surface area contributed by atoms with Gasteiger partial charge in [0, 0.05) is 24.0 Å². The molecule has 0 saturated heterocycles. The van der Waals surface area contributed by atoms with Gasteiger partial charge in [0.2, 0.25) is 0 Å². The third kappa shape index (κ3) is 4.78. The Kier molecular flexibility index (Phi) is 4.20. The summed E-state index contributed by atoms with van der Waals surface area (Å²) in [5, 5.41) is 11.3. The fourth-order valence-electron chi connectivity index (χ4n) is 1.25. The summed E-state index contributed by atoms with van der Waals surface area (Å²) >= 11 is 0. The second-order valence-corrected chi connectivity index (χ2v) is 4.88. The highest BCUT2D eigenvalue weighted by molar-refractivity contribution is 5.95. The Morgan fingerprint density at radius 1 is 1.33 bits per heavy atom. The Labute approximate surface area is 106 Å². The highest BCUT2D eigenvalue weighted by Crippen LogP contribution is 2.07. The molecule has 0 atom stereocenters. The molecule has 0 radical (unpaired) electrons. The summed E-state index contributed by atoms with van der Waals surface area (Å²) in [6.07, 6.45) is 5.33. The number of rotatable bonds is 3. The van der Waals surface area contributed by atoms with Crippen molar-refractivity contribution >= 4 is 18.0 Å². The van der Waals surface area contributed by atoms with Gasteiger partial charge >= 0.3 is 5.97 Å². The third-order valence-electron chi connectivity index (χ3n) is 1.93. The summed E-state index contributed by atoms with van der Waals surface area (Å²) in [4.78, 5) is 26.2. The minimum atomic E-state index is -1.04. The summed E-state index contributed by atoms with van der Waals surface area (Å²) in [6, 6.07) is 1.59. The number of aromatic nitrogens is 1. The largest absolute Gasteiger partial charge is 0.478 e. The molecule has 2 N–H and O–H groups in total. The number of carbonyl (C=O) groups is 2. The smallest absolute Gasteiger partial charge is 0.328 e. The lowest BCUT2D eigenvalue weighted by molar-refractivity contribution is -0.131. The molecule has 0 aliphatic heterocycles. The number of hydrogen-bond acceptors (Lipinski definition) is 3. The summed E-state index contributed by atoms with van der Waals surface area (Å²) in [5.41, 5.74) is 0.640. The molecule has 0 spiro atoms. The van der Waals surface area contributed by atoms with Crippen LogP contribution in [0.5, 0.6) is 0 Å². The van der Waals surface area contributed by atoms with Crippen molar-refractivity contribution in [2.45, 2.75) is 26.3 Å². The Morgan fingerprint density at radius 2 is 2.00 bits per heavy atom. The van der Waals surface area contributed by atoms with E-state index in [2.05, 4.69) is 10.3 Å². The lowest BCUT2D eigenvalue weighted by Gasteiger charge is -2.20. The van der Waals surface area contributed by atoms with Gasteiger partial charge in [-0.1, -0.05) is 0 Å². The van der Waals surface area contributed by atoms with Crippen LogP contribution in [0.1, 0.15) is 36.7 Å². The molecule has 0 aliphatic carbocycles. The molecular weight excluding hydrogens is 232 g/mol. The second-order valence-electron chi connectivity index (χ2n) is 4.88. The fourth-order valence-corrected chi connectivity index (χ4v) is 1.25. The Hall–Kier alpha value is -2.17. The zero-order valence-electron chi connectivity index (χ0n) is 10.6. The molecular formula is C13H16N2O3. The molecule has 5 nitrogen and oxygen atoms in total. The van der Waals surface area contributed by atoms with E-state index < -0.39 is 5.97 Å². The van der Waals surface area contributed by atoms with Gasteiger partial charge in [0.1, 0.15) is 0 Å². The van der Waals surface area contributed by atoms with Crippen molar-refractivity contribution in [1.29, 1.82) is 0 Å². The molecule has 5 heteroatoms. The third-order valence-corrected chi connectivity index (χ3v) is 1.93. The summed E-state index contributed by atoms with van der Waals surface area (Å²) in [7, 11) is 0. The van der Waals surface area contributed by atoms with Crippen LogP contribution < -0.4 is 5.32 Å². The monoisotopic (exact) mass is 248 g/mol. The Balaban J connectivity index is 2.88. The highest BCUT2D eigenvalue weighted by Gasteiger charge is 2.15. The van der Waals surface area contributed by atoms with Crippen LogP contribution in [0.2, 0.25) is 0 Å². The van der Waals surface area contributed by atoms with E-state index in [9.17, 15) is 9.59 Å². The van der Waals surface area contributed by atoms with Crippen molar-refractivity contribution < 1.29 is 14.7 Å². The molecule has 0 aromatic carbocycles. The van der Waals surface area contributed by atoms with Crippen LogP contribution in [-0.4, -0.2) is 27.5 Å². The molecule has 0 saturated carbocycles. The van der Waals surface area contributed by atoms with Crippen LogP contribution in [0.4, 0.5) is 0 Å². The summed E-state index contributed by atoms with van der Waals surface area (Å²) < 4.78 is 0. The molecule has 0 bridgehead atoms. The van der Waals surface area contributed by atoms with Crippen molar-refractivity contribution in [2.24, 2.45) is 0 Å². The van der Waals surface area contributed by atoms with Crippen molar-refractivity contribution in [3.63, 3.8) is 0 Å². The van der Waals surface area contributed by atoms with Crippen molar-refractivity contribution in [1.82, 2.24) is 10.3 Å². The van der Waals surface area contributed by atoms with Gasteiger partial charge in [-0.25, -0.2) is 4.79 Å². The molecule has 1 amide bonds. The summed E-state index contributed by atoms with van der Waals surface area (Å²) in [6.45, 7) is 5.64. The van der Waals surface area contributed by atoms with Gasteiger partial charge in [-0.3, -0.25) is 9.78 Å². The van der Waals surface area contributed by atoms with E-state index in [1.165, 1.54) is 18.5 Å². The maximum absolute atomic E-state index is 11.9. The molecule has 1 aromatic heterocycles. The molecule has 18 heavy (non-hydrogen) atoms. The molecule has 0 unspecified atom stereocenters. The first-order chi connectivity index (χ1) is 8.28. The van der Waals surface area contributed by atoms with Crippen molar-refractivity contribution in [3.8, 4) is 0 Å². The quantitative estimate of drug-likeness (QED) is 0.798. The topological polar surface area (TPSA) is 79.3 Å². The number of carboxylic acids is 1. The van der Waals surface area contributed by atoms with Gasteiger partial charge in [-0.15, -0.1) is 0 Å². The zero-order chi connectivity index (χ0) is 13.8. The highest BCUT2D eigenvalue weighted by atomic mass is 16.4. The van der Waals surface area contributed by atoms with E-state index in [-0.39, 0.29) is 11.4 Å². The average molecular weight is 248 g/mol. The fraction of sp³-hybridized carbons (Fsp3) is 0.308. The van der Waals surface area contributed by atoms with Crippen LogP contribution in [0.3, 0.4) is 0 Å². The number of nitrogens with one attached hydrogen (secondary N) is 1. The van der Waals surface area contributed by atoms with Crippen LogP contribution in [-0.2, 0) is 4.79 Å². The molecule has 0 aliphatic rings. The first-order valence-electron chi connectivity index (χ1n) is 5.46. The number of carbonyl (C=O) groups excluding carboxylic acids is 1. The number of aliphatic carboxylic acids is 1. The summed E-state index contributed by atoms with van der Waals surface area (Å²) in [5.74, 6) is -1.28. The zero-order valence-corrected chi connectivity index (χ0v) is 10.6. The van der Waals surface area contributed by atoms with Gasteiger partial charge in [0.25, 0.3) is 5.91 Å². The van der Waals surface area contributed by atoms with Gasteiger partial charge in [-0.2, -0.15) is 0 Å². The van der Waals surface area contributed by atoms with E-state index in [1.54, 1.807) is 6.07 Å². The number of amides is 1. The van der Waals surface area contributed by atoms with E-state index >= 15 is 0 Å². The van der Waals surface area contributed by atoms with Gasteiger partial charge in [0.05, 0.1) is 5.56 Å². The molecule has 1 heterocycles. The Bertz CT molecular complexity index is 487. The van der Waals surface area contributed by atoms with Crippen molar-refractivity contribution in [2.75, 3.05) is 0 Å². The maximum atomic E-state index is 11.9. The number of pyridine rings is 1. The van der Waals surface area contributed by atoms with Gasteiger partial charge < -0.3 is 10.4 Å². The number of nitrogens with zero attached hydrogens (tertiary/aromatic N) is 1. The van der Waals surface area contributed by atoms with E-state index in [1.807, 2.05) is 20.8 Å². The van der Waals surface area contributed by atoms with Gasteiger partial charge in [-0.05, 0) is 38.5 Å². The predicted molar refractivity (Wildman–Crippen MR) is 68.1 cm³/mol. The minimum absolute atomic E-state index is 0.236. The van der Waals surface area contributed by atoms with Crippen LogP contribution in [0.15, 0.2) is 24.5 Å². The molecule has 1 aromatic rings. The average Bonchev–Trinajstić information content (AvgIpc) is 2.24. The van der Waals surface area contributed by atoms with E-state index in [0.29, 0.717) is 11.1 Å². The van der Waals surface area contributed by atoms with Crippen molar-refractivity contribution in [3.05, 3.63) is 35.7 Å². The predicted octanol–water partition coefficient (Wildman–Crippen LogP) is 1.71. The first-order valence-corrected chi connectivity index (χ1v) is 5.46. The second kappa shape index (κ2) is 5.44. The van der Waals surface area contributed by atoms with E-state index in [4.69, 9.17) is 5.11 Å². The van der Waals surface area contributed by atoms with Crippen LogP contribution in [0.25, 0.3) is 6.08 Å². The Morgan fingerprint density at radius 3 is 2.56 bits per heavy atom.